The fourth-order valence-corrected chi connectivity index (χ4v) is 6.76. The highest BCUT2D eigenvalue weighted by atomic mass is 16.5. The lowest BCUT2D eigenvalue weighted by Gasteiger charge is -2.25. The van der Waals surface area contributed by atoms with Gasteiger partial charge in [0.05, 0.1) is 11.0 Å². The number of para-hydroxylation sites is 3. The molecule has 43 heavy (non-hydrogen) atoms. The lowest BCUT2D eigenvalue weighted by Crippen LogP contribution is -2.09. The molecule has 3 heteroatoms. The Morgan fingerprint density at radius 2 is 1.05 bits per heavy atom. The zero-order valence-corrected chi connectivity index (χ0v) is 23.3. The van der Waals surface area contributed by atoms with Crippen molar-refractivity contribution in [2.45, 2.75) is 0 Å². The molecule has 0 amide bonds. The van der Waals surface area contributed by atoms with Crippen molar-refractivity contribution in [1.29, 1.82) is 0 Å². The van der Waals surface area contributed by atoms with E-state index in [1.54, 1.807) is 0 Å². The van der Waals surface area contributed by atoms with Crippen LogP contribution in [0.3, 0.4) is 0 Å². The van der Waals surface area contributed by atoms with Crippen LogP contribution in [0.2, 0.25) is 0 Å². The highest BCUT2D eigenvalue weighted by Crippen LogP contribution is 2.53. The number of fused-ring (bicyclic) bond motifs is 1. The lowest BCUT2D eigenvalue weighted by atomic mass is 10.0. The fourth-order valence-electron chi connectivity index (χ4n) is 6.76. The second-order valence-electron chi connectivity index (χ2n) is 11.0. The molecular formula is C40H26N2O. The Balaban J connectivity index is 1.23. The summed E-state index contributed by atoms with van der Waals surface area (Å²) < 4.78 is 8.90. The molecule has 8 aromatic rings. The van der Waals surface area contributed by atoms with Gasteiger partial charge in [-0.2, -0.15) is 0 Å². The van der Waals surface area contributed by atoms with E-state index >= 15 is 0 Å². The quantitative estimate of drug-likeness (QED) is 0.205. The number of ether oxygens (including phenoxy) is 1. The van der Waals surface area contributed by atoms with Crippen molar-refractivity contribution in [2.24, 2.45) is 0 Å². The Hall–Kier alpha value is -5.80. The predicted octanol–water partition coefficient (Wildman–Crippen LogP) is 11.2. The summed E-state index contributed by atoms with van der Waals surface area (Å²) >= 11 is 0. The molecule has 0 fully saturated rings. The van der Waals surface area contributed by atoms with Crippen LogP contribution in [0, 0.1) is 0 Å². The molecule has 1 aliphatic carbocycles. The molecule has 1 heterocycles. The van der Waals surface area contributed by atoms with Gasteiger partial charge >= 0.3 is 0 Å². The van der Waals surface area contributed by atoms with E-state index in [9.17, 15) is 0 Å². The van der Waals surface area contributed by atoms with E-state index in [0.717, 1.165) is 34.2 Å². The van der Waals surface area contributed by atoms with E-state index in [2.05, 4.69) is 137 Å². The number of hydrogen-bond donors (Lipinski definition) is 0. The van der Waals surface area contributed by atoms with Crippen LogP contribution in [0.4, 0.5) is 17.1 Å². The smallest absolute Gasteiger partial charge is 0.136 e. The van der Waals surface area contributed by atoms with Crippen molar-refractivity contribution >= 4 is 49.6 Å². The number of rotatable bonds is 6. The van der Waals surface area contributed by atoms with Crippen molar-refractivity contribution in [3.05, 3.63) is 158 Å². The maximum Gasteiger partial charge on any atom is 0.136 e. The van der Waals surface area contributed by atoms with Gasteiger partial charge in [-0.05, 0) is 95.2 Å². The minimum absolute atomic E-state index is 0.842. The highest BCUT2D eigenvalue weighted by Gasteiger charge is 2.28. The van der Waals surface area contributed by atoms with Crippen molar-refractivity contribution in [3.63, 3.8) is 0 Å². The summed E-state index contributed by atoms with van der Waals surface area (Å²) in [5.41, 5.74) is 9.31. The Morgan fingerprint density at radius 3 is 1.74 bits per heavy atom. The third-order valence-corrected chi connectivity index (χ3v) is 8.54. The minimum Gasteiger partial charge on any atom is -0.457 e. The zero-order valence-electron chi connectivity index (χ0n) is 23.3. The molecule has 0 saturated carbocycles. The first-order valence-electron chi connectivity index (χ1n) is 14.6. The second kappa shape index (κ2) is 9.37. The summed E-state index contributed by atoms with van der Waals surface area (Å²) in [4.78, 5) is 2.30. The van der Waals surface area contributed by atoms with Crippen LogP contribution in [0.1, 0.15) is 0 Å². The van der Waals surface area contributed by atoms with Crippen LogP contribution in [-0.4, -0.2) is 4.57 Å². The molecule has 9 rings (SSSR count). The average molecular weight is 551 g/mol. The highest BCUT2D eigenvalue weighted by molar-refractivity contribution is 6.34. The summed E-state index contributed by atoms with van der Waals surface area (Å²) in [5.74, 6) is 1.73. The zero-order chi connectivity index (χ0) is 28.3. The Morgan fingerprint density at radius 1 is 0.442 bits per heavy atom. The fraction of sp³-hybridized carbons (Fsp3) is 0. The van der Waals surface area contributed by atoms with Crippen LogP contribution in [0.5, 0.6) is 11.5 Å². The van der Waals surface area contributed by atoms with E-state index in [-0.39, 0.29) is 0 Å². The monoisotopic (exact) mass is 550 g/mol. The van der Waals surface area contributed by atoms with Gasteiger partial charge < -0.3 is 14.2 Å². The van der Waals surface area contributed by atoms with Gasteiger partial charge in [-0.25, -0.2) is 0 Å². The molecule has 1 aliphatic rings. The van der Waals surface area contributed by atoms with E-state index in [0.29, 0.717) is 0 Å². The number of hydrogen-bond acceptors (Lipinski definition) is 2. The molecule has 0 radical (unpaired) electrons. The molecule has 7 aromatic carbocycles. The molecule has 202 valence electrons. The number of nitrogens with zero attached hydrogens (tertiary/aromatic N) is 2. The topological polar surface area (TPSA) is 17.4 Å². The van der Waals surface area contributed by atoms with Gasteiger partial charge in [0, 0.05) is 39.1 Å². The summed E-state index contributed by atoms with van der Waals surface area (Å²) in [7, 11) is 0. The molecule has 0 N–H and O–H groups in total. The van der Waals surface area contributed by atoms with Gasteiger partial charge in [0.15, 0.2) is 0 Å². The summed E-state index contributed by atoms with van der Waals surface area (Å²) in [6.07, 6.45) is 0. The van der Waals surface area contributed by atoms with E-state index in [4.69, 9.17) is 4.74 Å². The molecule has 0 atom stereocenters. The van der Waals surface area contributed by atoms with Crippen molar-refractivity contribution in [1.82, 2.24) is 4.57 Å². The molecule has 0 spiro atoms. The summed E-state index contributed by atoms with van der Waals surface area (Å²) in [6.45, 7) is 0. The Bertz CT molecular complexity index is 2250. The minimum atomic E-state index is 0.842. The molecule has 1 aromatic heterocycles. The maximum absolute atomic E-state index is 6.50. The van der Waals surface area contributed by atoms with Gasteiger partial charge in [0.2, 0.25) is 0 Å². The van der Waals surface area contributed by atoms with E-state index in [1.165, 1.54) is 43.7 Å². The first kappa shape index (κ1) is 23.9. The summed E-state index contributed by atoms with van der Waals surface area (Å²) in [6, 6.07) is 55.5. The largest absolute Gasteiger partial charge is 0.457 e. The molecule has 3 nitrogen and oxygen atoms in total. The maximum atomic E-state index is 6.50. The Kier molecular flexibility index (Phi) is 5.20. The van der Waals surface area contributed by atoms with Crippen LogP contribution in [0.25, 0.3) is 49.4 Å². The average Bonchev–Trinajstić information content (AvgIpc) is 3.60. The van der Waals surface area contributed by atoms with Gasteiger partial charge in [-0.15, -0.1) is 0 Å². The first-order valence-corrected chi connectivity index (χ1v) is 14.6. The van der Waals surface area contributed by atoms with Crippen LogP contribution >= 0.6 is 0 Å². The molecule has 0 aliphatic heterocycles. The lowest BCUT2D eigenvalue weighted by molar-refractivity contribution is 0.485. The number of benzene rings is 7. The summed E-state index contributed by atoms with van der Waals surface area (Å²) in [5, 5.41) is 5.12. The molecule has 0 bridgehead atoms. The molecular weight excluding hydrogens is 524 g/mol. The van der Waals surface area contributed by atoms with Crippen molar-refractivity contribution < 1.29 is 4.74 Å². The first-order chi connectivity index (χ1) is 21.3. The van der Waals surface area contributed by atoms with Crippen molar-refractivity contribution in [3.8, 4) is 28.3 Å². The van der Waals surface area contributed by atoms with Crippen molar-refractivity contribution in [2.75, 3.05) is 4.90 Å². The van der Waals surface area contributed by atoms with Gasteiger partial charge in [-0.1, -0.05) is 78.9 Å². The Labute approximate surface area is 249 Å². The SMILES string of the molecule is c1ccc(Oc2ccc3c4c2-c2cccc5ccc(c4c25)n3-c2ccc(N(c3ccccc3)c3ccccc3)cc2)cc1. The third-order valence-electron chi connectivity index (χ3n) is 8.54. The van der Waals surface area contributed by atoms with E-state index in [1.807, 2.05) is 30.3 Å². The molecule has 0 unspecified atom stereocenters. The van der Waals surface area contributed by atoms with Crippen LogP contribution in [-0.2, 0) is 0 Å². The third kappa shape index (κ3) is 3.62. The van der Waals surface area contributed by atoms with Gasteiger partial charge in [0.25, 0.3) is 0 Å². The predicted molar refractivity (Wildman–Crippen MR) is 178 cm³/mol. The standard InChI is InChI=1S/C40H26N2O/c1-4-12-28(13-5-1)41(29-14-6-2-7-15-29)30-20-22-31(23-21-30)42-34-24-19-27-11-10-18-33-37(27)39(34)40-35(42)25-26-36(38(33)40)43-32-16-8-3-9-17-32/h1-26H. The van der Waals surface area contributed by atoms with Gasteiger partial charge in [-0.3, -0.25) is 0 Å². The second-order valence-corrected chi connectivity index (χ2v) is 11.0. The van der Waals surface area contributed by atoms with Gasteiger partial charge in [0.1, 0.15) is 11.5 Å². The van der Waals surface area contributed by atoms with Crippen LogP contribution in [0.15, 0.2) is 158 Å². The number of anilines is 3. The number of aromatic nitrogens is 1. The van der Waals surface area contributed by atoms with Crippen LogP contribution < -0.4 is 9.64 Å². The normalized spacial score (nSPS) is 11.7. The van der Waals surface area contributed by atoms with E-state index < -0.39 is 0 Å². The molecule has 0 saturated heterocycles.